The fourth-order valence-corrected chi connectivity index (χ4v) is 1.07. The molecule has 0 aliphatic rings. The van der Waals surface area contributed by atoms with Gasteiger partial charge in [0.25, 0.3) is 0 Å². The largest absolute Gasteiger partial charge is 0.287 e. The van der Waals surface area contributed by atoms with Crippen LogP contribution in [0.2, 0.25) is 0 Å². The van der Waals surface area contributed by atoms with Gasteiger partial charge in [-0.15, -0.1) is 0 Å². The van der Waals surface area contributed by atoms with Crippen LogP contribution in [0, 0.1) is 5.82 Å². The minimum Gasteiger partial charge on any atom is -0.287 e. The van der Waals surface area contributed by atoms with Crippen LogP contribution in [0.25, 0.3) is 0 Å². The summed E-state index contributed by atoms with van der Waals surface area (Å²) < 4.78 is 13.3. The van der Waals surface area contributed by atoms with Crippen molar-refractivity contribution in [2.24, 2.45) is 10.1 Å². The van der Waals surface area contributed by atoms with E-state index >= 15 is 0 Å². The summed E-state index contributed by atoms with van der Waals surface area (Å²) in [6, 6.07) is 6.43. The third-order valence-electron chi connectivity index (χ3n) is 1.75. The van der Waals surface area contributed by atoms with E-state index in [2.05, 4.69) is 10.1 Å². The van der Waals surface area contributed by atoms with Crippen molar-refractivity contribution in [2.45, 2.75) is 6.54 Å². The SMILES string of the molecule is C[N+](C)(C)/N=C/C=NCc1cccc(F)c1. The summed E-state index contributed by atoms with van der Waals surface area (Å²) in [6.45, 7) is 0.473. The van der Waals surface area contributed by atoms with E-state index in [1.54, 1.807) is 18.5 Å². The third kappa shape index (κ3) is 5.36. The van der Waals surface area contributed by atoms with Gasteiger partial charge in [0.05, 0.1) is 27.7 Å². The van der Waals surface area contributed by atoms with Gasteiger partial charge in [0.2, 0.25) is 0 Å². The summed E-state index contributed by atoms with van der Waals surface area (Å²) in [7, 11) is 5.87. The summed E-state index contributed by atoms with van der Waals surface area (Å²) in [5, 5.41) is 4.19. The van der Waals surface area contributed by atoms with E-state index in [1.165, 1.54) is 12.1 Å². The van der Waals surface area contributed by atoms with E-state index in [4.69, 9.17) is 0 Å². The van der Waals surface area contributed by atoms with Gasteiger partial charge in [-0.1, -0.05) is 17.2 Å². The molecule has 1 aromatic carbocycles. The lowest BCUT2D eigenvalue weighted by molar-refractivity contribution is -0.876. The molecule has 16 heavy (non-hydrogen) atoms. The van der Waals surface area contributed by atoms with E-state index in [9.17, 15) is 4.39 Å². The molecule has 0 fully saturated rings. The van der Waals surface area contributed by atoms with Gasteiger partial charge in [-0.05, 0) is 17.7 Å². The van der Waals surface area contributed by atoms with Crippen molar-refractivity contribution < 1.29 is 8.98 Å². The number of hydrogen-bond donors (Lipinski definition) is 0. The zero-order chi connectivity index (χ0) is 12.0. The molecule has 0 atom stereocenters. The average Bonchev–Trinajstić information content (AvgIpc) is 2.15. The van der Waals surface area contributed by atoms with Crippen LogP contribution in [0.3, 0.4) is 0 Å². The van der Waals surface area contributed by atoms with Gasteiger partial charge in [-0.3, -0.25) is 4.99 Å². The van der Waals surface area contributed by atoms with Crippen LogP contribution in [-0.2, 0) is 6.54 Å². The Bertz CT molecular complexity index is 391. The zero-order valence-electron chi connectivity index (χ0n) is 9.89. The van der Waals surface area contributed by atoms with Crippen molar-refractivity contribution in [3.8, 4) is 0 Å². The molecular formula is C12H17FN3+. The first-order valence-electron chi connectivity index (χ1n) is 5.07. The van der Waals surface area contributed by atoms with E-state index in [0.29, 0.717) is 11.1 Å². The number of benzene rings is 1. The lowest BCUT2D eigenvalue weighted by Gasteiger charge is -2.13. The highest BCUT2D eigenvalue weighted by molar-refractivity contribution is 6.15. The van der Waals surface area contributed by atoms with Gasteiger partial charge in [0.15, 0.2) is 0 Å². The van der Waals surface area contributed by atoms with Crippen LogP contribution in [0.5, 0.6) is 0 Å². The predicted molar refractivity (Wildman–Crippen MR) is 65.1 cm³/mol. The Kier molecular flexibility index (Phi) is 4.31. The fourth-order valence-electron chi connectivity index (χ4n) is 1.07. The molecule has 0 unspecified atom stereocenters. The topological polar surface area (TPSA) is 24.7 Å². The Morgan fingerprint density at radius 1 is 1.25 bits per heavy atom. The molecule has 0 radical (unpaired) electrons. The second-order valence-electron chi connectivity index (χ2n) is 4.33. The van der Waals surface area contributed by atoms with E-state index in [1.807, 2.05) is 27.2 Å². The Morgan fingerprint density at radius 3 is 2.62 bits per heavy atom. The van der Waals surface area contributed by atoms with Crippen LogP contribution in [0.4, 0.5) is 4.39 Å². The molecule has 0 N–H and O–H groups in total. The first kappa shape index (κ1) is 12.5. The number of nitrogens with zero attached hydrogens (tertiary/aromatic N) is 3. The normalized spacial score (nSPS) is 12.8. The van der Waals surface area contributed by atoms with Crippen molar-refractivity contribution in [3.63, 3.8) is 0 Å². The average molecular weight is 222 g/mol. The Labute approximate surface area is 95.5 Å². The molecule has 1 aromatic rings. The summed E-state index contributed by atoms with van der Waals surface area (Å²) in [6.07, 6.45) is 3.29. The maximum atomic E-state index is 12.8. The van der Waals surface area contributed by atoms with Crippen LogP contribution in [0.15, 0.2) is 34.4 Å². The third-order valence-corrected chi connectivity index (χ3v) is 1.75. The molecule has 0 saturated carbocycles. The lowest BCUT2D eigenvalue weighted by Crippen LogP contribution is -2.27. The summed E-state index contributed by atoms with van der Waals surface area (Å²) in [5.41, 5.74) is 0.856. The number of rotatable bonds is 4. The van der Waals surface area contributed by atoms with Crippen molar-refractivity contribution in [1.82, 2.24) is 0 Å². The number of halogens is 1. The molecule has 0 amide bonds. The quantitative estimate of drug-likeness (QED) is 0.423. The maximum Gasteiger partial charge on any atom is 0.123 e. The van der Waals surface area contributed by atoms with Crippen molar-refractivity contribution in [1.29, 1.82) is 0 Å². The van der Waals surface area contributed by atoms with Crippen LogP contribution < -0.4 is 0 Å². The van der Waals surface area contributed by atoms with Gasteiger partial charge >= 0.3 is 0 Å². The highest BCUT2D eigenvalue weighted by atomic mass is 19.1. The smallest absolute Gasteiger partial charge is 0.123 e. The first-order chi connectivity index (χ1) is 7.47. The Balaban J connectivity index is 2.46. The lowest BCUT2D eigenvalue weighted by atomic mass is 10.2. The molecule has 1 rings (SSSR count). The van der Waals surface area contributed by atoms with Gasteiger partial charge in [-0.2, -0.15) is 0 Å². The number of quaternary nitrogens is 1. The van der Waals surface area contributed by atoms with Crippen LogP contribution >= 0.6 is 0 Å². The molecule has 0 heterocycles. The molecule has 86 valence electrons. The van der Waals surface area contributed by atoms with E-state index in [0.717, 1.165) is 5.56 Å². The maximum absolute atomic E-state index is 12.8. The molecule has 0 aromatic heterocycles. The second-order valence-corrected chi connectivity index (χ2v) is 4.33. The first-order valence-corrected chi connectivity index (χ1v) is 5.07. The molecule has 0 spiro atoms. The standard InChI is InChI=1S/C12H17FN3/c1-16(2,3)15-8-7-14-10-11-5-4-6-12(13)9-11/h4-9H,10H2,1-3H3/q+1/b14-7?,15-8+. The molecule has 3 nitrogen and oxygen atoms in total. The Hall–Kier alpha value is -1.55. The van der Waals surface area contributed by atoms with Crippen molar-refractivity contribution in [3.05, 3.63) is 35.6 Å². The van der Waals surface area contributed by atoms with Crippen molar-refractivity contribution in [2.75, 3.05) is 21.1 Å². The molecule has 0 aliphatic carbocycles. The fraction of sp³-hybridized carbons (Fsp3) is 0.333. The van der Waals surface area contributed by atoms with Gasteiger partial charge in [0.1, 0.15) is 12.0 Å². The van der Waals surface area contributed by atoms with E-state index in [-0.39, 0.29) is 5.82 Å². The molecule has 4 heteroatoms. The zero-order valence-corrected chi connectivity index (χ0v) is 9.89. The second kappa shape index (κ2) is 5.51. The van der Waals surface area contributed by atoms with Crippen LogP contribution in [0.1, 0.15) is 5.56 Å². The monoisotopic (exact) mass is 222 g/mol. The van der Waals surface area contributed by atoms with Gasteiger partial charge in [0, 0.05) is 6.21 Å². The van der Waals surface area contributed by atoms with Gasteiger partial charge in [-0.25, -0.2) is 8.98 Å². The van der Waals surface area contributed by atoms with Gasteiger partial charge < -0.3 is 0 Å². The molecule has 0 saturated heterocycles. The minimum absolute atomic E-state index is 0.229. The highest BCUT2D eigenvalue weighted by Gasteiger charge is 1.99. The molecule has 0 bridgehead atoms. The van der Waals surface area contributed by atoms with E-state index < -0.39 is 0 Å². The number of hydrogen-bond acceptors (Lipinski definition) is 2. The number of aliphatic imine (C=N–C) groups is 1. The van der Waals surface area contributed by atoms with Crippen molar-refractivity contribution >= 4 is 12.4 Å². The molecular weight excluding hydrogens is 205 g/mol. The van der Waals surface area contributed by atoms with Crippen LogP contribution in [-0.4, -0.2) is 38.2 Å². The summed E-state index contributed by atoms with van der Waals surface area (Å²) in [4.78, 5) is 4.13. The predicted octanol–water partition coefficient (Wildman–Crippen LogP) is 2.09. The highest BCUT2D eigenvalue weighted by Crippen LogP contribution is 2.04. The summed E-state index contributed by atoms with van der Waals surface area (Å²) in [5.74, 6) is -0.229. The Morgan fingerprint density at radius 2 is 2.00 bits per heavy atom. The summed E-state index contributed by atoms with van der Waals surface area (Å²) >= 11 is 0. The molecule has 0 aliphatic heterocycles. The minimum atomic E-state index is -0.229.